The summed E-state index contributed by atoms with van der Waals surface area (Å²) in [7, 11) is 0. The van der Waals surface area contributed by atoms with Gasteiger partial charge in [0, 0.05) is 19.5 Å². The van der Waals surface area contributed by atoms with E-state index in [1.807, 2.05) is 12.1 Å². The van der Waals surface area contributed by atoms with Crippen LogP contribution in [0.3, 0.4) is 0 Å². The molecule has 3 aliphatic rings. The van der Waals surface area contributed by atoms with Crippen molar-refractivity contribution in [3.05, 3.63) is 22.7 Å². The van der Waals surface area contributed by atoms with Crippen LogP contribution in [0.4, 0.5) is 0 Å². The van der Waals surface area contributed by atoms with Gasteiger partial charge in [-0.05, 0) is 37.0 Å². The highest BCUT2D eigenvalue weighted by atomic mass is 35.5. The quantitative estimate of drug-likeness (QED) is 0.714. The number of ether oxygens (including phenoxy) is 2. The van der Waals surface area contributed by atoms with Gasteiger partial charge in [-0.25, -0.2) is 0 Å². The second-order valence-corrected chi connectivity index (χ2v) is 8.18. The molecule has 1 saturated carbocycles. The van der Waals surface area contributed by atoms with Crippen LogP contribution in [0, 0.1) is 11.8 Å². The van der Waals surface area contributed by atoms with Crippen LogP contribution in [-0.4, -0.2) is 48.9 Å². The van der Waals surface area contributed by atoms with Crippen LogP contribution in [0.15, 0.2) is 12.1 Å². The largest absolute Gasteiger partial charge is 0.486 e. The van der Waals surface area contributed by atoms with Gasteiger partial charge in [-0.2, -0.15) is 0 Å². The fourth-order valence-electron chi connectivity index (χ4n) is 4.41. The summed E-state index contributed by atoms with van der Waals surface area (Å²) in [6.07, 6.45) is 4.29. The third-order valence-corrected chi connectivity index (χ3v) is 6.17. The number of hydrogen-bond donors (Lipinski definition) is 1. The molecule has 3 amide bonds. The number of amides is 3. The van der Waals surface area contributed by atoms with Crippen LogP contribution < -0.4 is 14.8 Å². The monoisotopic (exact) mass is 420 g/mol. The fourth-order valence-corrected chi connectivity index (χ4v) is 4.70. The third kappa shape index (κ3) is 4.20. The number of rotatable bonds is 6. The number of halogens is 1. The van der Waals surface area contributed by atoms with Crippen molar-refractivity contribution in [1.82, 2.24) is 10.2 Å². The van der Waals surface area contributed by atoms with E-state index >= 15 is 0 Å². The van der Waals surface area contributed by atoms with Crippen molar-refractivity contribution in [2.24, 2.45) is 11.8 Å². The Morgan fingerprint density at radius 3 is 2.52 bits per heavy atom. The molecule has 2 fully saturated rings. The van der Waals surface area contributed by atoms with Crippen molar-refractivity contribution in [2.45, 2.75) is 38.5 Å². The van der Waals surface area contributed by atoms with E-state index in [1.165, 1.54) is 4.90 Å². The molecule has 29 heavy (non-hydrogen) atoms. The molecule has 1 aromatic carbocycles. The molecular formula is C21H25ClN2O5. The third-order valence-electron chi connectivity index (χ3n) is 5.89. The van der Waals surface area contributed by atoms with Crippen molar-refractivity contribution in [3.63, 3.8) is 0 Å². The Kier molecular flexibility index (Phi) is 5.94. The van der Waals surface area contributed by atoms with Gasteiger partial charge in [0.15, 0.2) is 11.5 Å². The second-order valence-electron chi connectivity index (χ2n) is 7.78. The second kappa shape index (κ2) is 8.61. The first-order valence-corrected chi connectivity index (χ1v) is 10.6. The minimum absolute atomic E-state index is 0.0987. The van der Waals surface area contributed by atoms with Gasteiger partial charge in [0.05, 0.1) is 16.9 Å². The Bertz CT molecular complexity index is 804. The summed E-state index contributed by atoms with van der Waals surface area (Å²) in [6.45, 7) is 1.55. The highest BCUT2D eigenvalue weighted by Crippen LogP contribution is 2.39. The Hall–Kier alpha value is -2.28. The van der Waals surface area contributed by atoms with Crippen molar-refractivity contribution in [3.8, 4) is 11.5 Å². The van der Waals surface area contributed by atoms with Gasteiger partial charge >= 0.3 is 0 Å². The van der Waals surface area contributed by atoms with Crippen LogP contribution in [0.25, 0.3) is 0 Å². The lowest BCUT2D eigenvalue weighted by Gasteiger charge is -2.20. The molecule has 4 rings (SSSR count). The molecule has 0 radical (unpaired) electrons. The average molecular weight is 421 g/mol. The summed E-state index contributed by atoms with van der Waals surface area (Å²) in [6, 6.07) is 3.68. The SMILES string of the molecule is O=C(CCN1C(=O)C2CCCCC2C1=O)NCCc1cc(Cl)c2c(c1)OCCO2. The molecule has 0 spiro atoms. The number of carbonyl (C=O) groups is 3. The first-order valence-electron chi connectivity index (χ1n) is 10.2. The molecular weight excluding hydrogens is 396 g/mol. The molecule has 1 aliphatic carbocycles. The van der Waals surface area contributed by atoms with E-state index in [9.17, 15) is 14.4 Å². The Morgan fingerprint density at radius 1 is 1.10 bits per heavy atom. The summed E-state index contributed by atoms with van der Waals surface area (Å²) in [4.78, 5) is 38.4. The van der Waals surface area contributed by atoms with Crippen LogP contribution >= 0.6 is 11.6 Å². The molecule has 0 aromatic heterocycles. The maximum atomic E-state index is 12.4. The van der Waals surface area contributed by atoms with E-state index in [1.54, 1.807) is 0 Å². The molecule has 1 N–H and O–H groups in total. The van der Waals surface area contributed by atoms with E-state index < -0.39 is 0 Å². The summed E-state index contributed by atoms with van der Waals surface area (Å²) >= 11 is 6.23. The predicted molar refractivity (Wildman–Crippen MR) is 106 cm³/mol. The lowest BCUT2D eigenvalue weighted by molar-refractivity contribution is -0.140. The molecule has 1 saturated heterocycles. The Balaban J connectivity index is 1.24. The molecule has 1 aromatic rings. The predicted octanol–water partition coefficient (Wildman–Crippen LogP) is 2.34. The van der Waals surface area contributed by atoms with E-state index in [0.717, 1.165) is 31.2 Å². The molecule has 7 nitrogen and oxygen atoms in total. The van der Waals surface area contributed by atoms with E-state index in [2.05, 4.69) is 5.32 Å². The summed E-state index contributed by atoms with van der Waals surface area (Å²) in [5.41, 5.74) is 0.938. The number of benzene rings is 1. The Labute approximate surface area is 174 Å². The summed E-state index contributed by atoms with van der Waals surface area (Å²) in [5, 5.41) is 3.34. The smallest absolute Gasteiger partial charge is 0.233 e. The van der Waals surface area contributed by atoms with E-state index in [-0.39, 0.29) is 42.5 Å². The van der Waals surface area contributed by atoms with Gasteiger partial charge in [-0.15, -0.1) is 0 Å². The number of likely N-dealkylation sites (tertiary alicyclic amines) is 1. The standard InChI is InChI=1S/C21H25ClN2O5/c22-16-11-13(12-17-19(16)29-10-9-28-17)5-7-23-18(25)6-8-24-20(26)14-3-1-2-4-15(14)21(24)27/h11-12,14-15H,1-10H2,(H,23,25). The van der Waals surface area contributed by atoms with Crippen molar-refractivity contribution >= 4 is 29.3 Å². The normalized spacial score (nSPS) is 23.1. The van der Waals surface area contributed by atoms with Gasteiger partial charge in [0.25, 0.3) is 0 Å². The number of hydrogen-bond acceptors (Lipinski definition) is 5. The molecule has 2 atom stereocenters. The first-order chi connectivity index (χ1) is 14.0. The molecule has 2 heterocycles. The summed E-state index contributed by atoms with van der Waals surface area (Å²) < 4.78 is 11.1. The molecule has 2 aliphatic heterocycles. The highest BCUT2D eigenvalue weighted by molar-refractivity contribution is 6.32. The van der Waals surface area contributed by atoms with Gasteiger partial charge in [-0.3, -0.25) is 19.3 Å². The van der Waals surface area contributed by atoms with Gasteiger partial charge < -0.3 is 14.8 Å². The molecule has 2 unspecified atom stereocenters. The van der Waals surface area contributed by atoms with Crippen molar-refractivity contribution < 1.29 is 23.9 Å². The molecule has 8 heteroatoms. The van der Waals surface area contributed by atoms with Crippen LogP contribution in [0.1, 0.15) is 37.7 Å². The van der Waals surface area contributed by atoms with Crippen LogP contribution in [0.2, 0.25) is 5.02 Å². The summed E-state index contributed by atoms with van der Waals surface area (Å²) in [5.74, 6) is 0.475. The van der Waals surface area contributed by atoms with E-state index in [0.29, 0.717) is 42.7 Å². The maximum Gasteiger partial charge on any atom is 0.233 e. The lowest BCUT2D eigenvalue weighted by atomic mass is 9.81. The van der Waals surface area contributed by atoms with Crippen LogP contribution in [-0.2, 0) is 20.8 Å². The minimum atomic E-state index is -0.177. The van der Waals surface area contributed by atoms with Crippen molar-refractivity contribution in [2.75, 3.05) is 26.3 Å². The minimum Gasteiger partial charge on any atom is -0.486 e. The molecule has 0 bridgehead atoms. The van der Waals surface area contributed by atoms with Gasteiger partial charge in [-0.1, -0.05) is 24.4 Å². The Morgan fingerprint density at radius 2 is 1.79 bits per heavy atom. The first kappa shape index (κ1) is 20.0. The zero-order chi connectivity index (χ0) is 20.4. The van der Waals surface area contributed by atoms with Gasteiger partial charge in [0.2, 0.25) is 17.7 Å². The number of carbonyl (C=O) groups excluding carboxylic acids is 3. The molecule has 156 valence electrons. The number of nitrogens with zero attached hydrogens (tertiary/aromatic N) is 1. The lowest BCUT2D eigenvalue weighted by Crippen LogP contribution is -2.35. The number of fused-ring (bicyclic) bond motifs is 2. The zero-order valence-corrected chi connectivity index (χ0v) is 17.0. The maximum absolute atomic E-state index is 12.4. The number of nitrogens with one attached hydrogen (secondary N) is 1. The average Bonchev–Trinajstić information content (AvgIpc) is 2.97. The zero-order valence-electron chi connectivity index (χ0n) is 16.2. The van der Waals surface area contributed by atoms with E-state index in [4.69, 9.17) is 21.1 Å². The topological polar surface area (TPSA) is 84.9 Å². The van der Waals surface area contributed by atoms with Crippen molar-refractivity contribution in [1.29, 1.82) is 0 Å². The fraction of sp³-hybridized carbons (Fsp3) is 0.571. The van der Waals surface area contributed by atoms with Crippen LogP contribution in [0.5, 0.6) is 11.5 Å². The highest BCUT2D eigenvalue weighted by Gasteiger charge is 2.47. The van der Waals surface area contributed by atoms with Gasteiger partial charge in [0.1, 0.15) is 13.2 Å². The number of imide groups is 1.